The molecule has 2 N–H and O–H groups in total. The first-order chi connectivity index (χ1) is 17.4. The molecule has 0 spiro atoms. The van der Waals surface area contributed by atoms with E-state index in [1.165, 1.54) is 43.5 Å². The third-order valence-electron chi connectivity index (χ3n) is 5.12. The minimum Gasteiger partial charge on any atom is -0.493 e. The van der Waals surface area contributed by atoms with Gasteiger partial charge in [0.15, 0.2) is 11.5 Å². The predicted octanol–water partition coefficient (Wildman–Crippen LogP) is 5.39. The second kappa shape index (κ2) is 12.0. The van der Waals surface area contributed by atoms with E-state index in [1.807, 2.05) is 6.07 Å². The van der Waals surface area contributed by atoms with Gasteiger partial charge in [-0.15, -0.1) is 6.58 Å². The largest absolute Gasteiger partial charge is 0.493 e. The van der Waals surface area contributed by atoms with Crippen molar-refractivity contribution in [2.45, 2.75) is 13.0 Å². The number of carbonyl (C=O) groups is 2. The highest BCUT2D eigenvalue weighted by Gasteiger charge is 2.16. The Morgan fingerprint density at radius 2 is 1.89 bits per heavy atom. The van der Waals surface area contributed by atoms with Gasteiger partial charge in [0.2, 0.25) is 0 Å². The van der Waals surface area contributed by atoms with Crippen molar-refractivity contribution in [1.82, 2.24) is 0 Å². The van der Waals surface area contributed by atoms with E-state index in [0.717, 1.165) is 5.56 Å². The van der Waals surface area contributed by atoms with Gasteiger partial charge in [-0.1, -0.05) is 30.3 Å². The molecular formula is C28H23FN2O5. The molecule has 0 atom stereocenters. The van der Waals surface area contributed by atoms with Crippen LogP contribution in [0.3, 0.4) is 0 Å². The van der Waals surface area contributed by atoms with Gasteiger partial charge in [0.05, 0.1) is 18.4 Å². The van der Waals surface area contributed by atoms with Gasteiger partial charge < -0.3 is 19.9 Å². The SMILES string of the molecule is C=CCc1cc(/C=C(/C#N)C(=O)Nc2ccccc2F)cc(OC)c1OCc1ccc(C(=O)O)cc1. The van der Waals surface area contributed by atoms with Gasteiger partial charge in [0.25, 0.3) is 5.91 Å². The number of methoxy groups -OCH3 is 1. The number of hydrogen-bond donors (Lipinski definition) is 2. The number of ether oxygens (including phenoxy) is 2. The van der Waals surface area contributed by atoms with E-state index < -0.39 is 17.7 Å². The number of anilines is 1. The van der Waals surface area contributed by atoms with Crippen molar-refractivity contribution >= 4 is 23.6 Å². The minimum absolute atomic E-state index is 0.0336. The molecule has 3 rings (SSSR count). The van der Waals surface area contributed by atoms with E-state index in [1.54, 1.807) is 36.4 Å². The molecule has 7 nitrogen and oxygen atoms in total. The Bertz CT molecular complexity index is 1360. The van der Waals surface area contributed by atoms with Crippen LogP contribution in [0.5, 0.6) is 11.5 Å². The zero-order valence-electron chi connectivity index (χ0n) is 19.5. The number of amides is 1. The molecule has 36 heavy (non-hydrogen) atoms. The third-order valence-corrected chi connectivity index (χ3v) is 5.12. The maximum Gasteiger partial charge on any atom is 0.335 e. The summed E-state index contributed by atoms with van der Waals surface area (Å²) in [7, 11) is 1.46. The Morgan fingerprint density at radius 1 is 1.17 bits per heavy atom. The van der Waals surface area contributed by atoms with Gasteiger partial charge in [0.1, 0.15) is 24.1 Å². The fourth-order valence-electron chi connectivity index (χ4n) is 3.36. The van der Waals surface area contributed by atoms with Gasteiger partial charge in [-0.3, -0.25) is 4.79 Å². The van der Waals surface area contributed by atoms with Crippen LogP contribution in [0.4, 0.5) is 10.1 Å². The summed E-state index contributed by atoms with van der Waals surface area (Å²) in [6.45, 7) is 3.92. The molecule has 0 saturated carbocycles. The average molecular weight is 486 g/mol. The molecule has 0 saturated heterocycles. The molecule has 0 aliphatic heterocycles. The highest BCUT2D eigenvalue weighted by atomic mass is 19.1. The number of carbonyl (C=O) groups excluding carboxylic acids is 1. The molecule has 0 aliphatic carbocycles. The summed E-state index contributed by atoms with van der Waals surface area (Å²) < 4.78 is 25.4. The number of nitriles is 1. The number of carboxylic acid groups (broad SMARTS) is 1. The van der Waals surface area contributed by atoms with Gasteiger partial charge in [-0.2, -0.15) is 5.26 Å². The summed E-state index contributed by atoms with van der Waals surface area (Å²) in [5.41, 5.74) is 1.87. The van der Waals surface area contributed by atoms with Crippen molar-refractivity contribution in [3.05, 3.63) is 107 Å². The van der Waals surface area contributed by atoms with Crippen molar-refractivity contribution in [1.29, 1.82) is 5.26 Å². The molecule has 3 aromatic carbocycles. The van der Waals surface area contributed by atoms with Gasteiger partial charge in [-0.25, -0.2) is 9.18 Å². The fraction of sp³-hybridized carbons (Fsp3) is 0.107. The number of hydrogen-bond acceptors (Lipinski definition) is 5. The molecule has 0 bridgehead atoms. The first-order valence-electron chi connectivity index (χ1n) is 10.8. The zero-order valence-corrected chi connectivity index (χ0v) is 19.5. The first-order valence-corrected chi connectivity index (χ1v) is 10.8. The molecule has 0 aliphatic rings. The lowest BCUT2D eigenvalue weighted by Crippen LogP contribution is -2.14. The number of allylic oxidation sites excluding steroid dienone is 1. The second-order valence-electron chi connectivity index (χ2n) is 7.60. The van der Waals surface area contributed by atoms with Crippen LogP contribution in [-0.4, -0.2) is 24.1 Å². The minimum atomic E-state index is -1.01. The van der Waals surface area contributed by atoms with Crippen LogP contribution in [0.1, 0.15) is 27.0 Å². The fourth-order valence-corrected chi connectivity index (χ4v) is 3.36. The predicted molar refractivity (Wildman–Crippen MR) is 133 cm³/mol. The lowest BCUT2D eigenvalue weighted by molar-refractivity contribution is -0.112. The topological polar surface area (TPSA) is 109 Å². The Hall–Kier alpha value is -4.90. The van der Waals surface area contributed by atoms with Crippen molar-refractivity contribution in [3.8, 4) is 17.6 Å². The number of aromatic carboxylic acids is 1. The van der Waals surface area contributed by atoms with Gasteiger partial charge in [0, 0.05) is 5.56 Å². The lowest BCUT2D eigenvalue weighted by atomic mass is 10.0. The van der Waals surface area contributed by atoms with Crippen LogP contribution in [0, 0.1) is 17.1 Å². The van der Waals surface area contributed by atoms with E-state index in [-0.39, 0.29) is 23.4 Å². The maximum absolute atomic E-state index is 13.9. The molecule has 0 aromatic heterocycles. The van der Waals surface area contributed by atoms with Crippen LogP contribution in [0.25, 0.3) is 6.08 Å². The molecule has 182 valence electrons. The zero-order chi connectivity index (χ0) is 26.1. The number of para-hydroxylation sites is 1. The molecule has 8 heteroatoms. The van der Waals surface area contributed by atoms with E-state index in [2.05, 4.69) is 11.9 Å². The van der Waals surface area contributed by atoms with Crippen LogP contribution < -0.4 is 14.8 Å². The third kappa shape index (κ3) is 6.36. The van der Waals surface area contributed by atoms with Crippen LogP contribution in [0.2, 0.25) is 0 Å². The second-order valence-corrected chi connectivity index (χ2v) is 7.60. The molecular weight excluding hydrogens is 463 g/mol. The molecule has 1 amide bonds. The van der Waals surface area contributed by atoms with Gasteiger partial charge >= 0.3 is 5.97 Å². The summed E-state index contributed by atoms with van der Waals surface area (Å²) in [5, 5.41) is 21.0. The standard InChI is InChI=1S/C28H23FN2O5/c1-3-6-21-13-19(14-22(16-30)27(32)31-24-8-5-4-7-23(24)29)15-25(35-2)26(21)36-17-18-9-11-20(12-10-18)28(33)34/h3-5,7-15H,1,6,17H2,2H3,(H,31,32)(H,33,34)/b22-14-. The number of halogens is 1. The highest BCUT2D eigenvalue weighted by molar-refractivity contribution is 6.09. The summed E-state index contributed by atoms with van der Waals surface area (Å²) in [6.07, 6.45) is 3.46. The monoisotopic (exact) mass is 486 g/mol. The normalized spacial score (nSPS) is 10.8. The molecule has 0 radical (unpaired) electrons. The van der Waals surface area contributed by atoms with Crippen LogP contribution >= 0.6 is 0 Å². The number of rotatable bonds is 10. The Morgan fingerprint density at radius 3 is 2.50 bits per heavy atom. The van der Waals surface area contributed by atoms with E-state index in [9.17, 15) is 19.2 Å². The van der Waals surface area contributed by atoms with Crippen LogP contribution in [-0.2, 0) is 17.8 Å². The van der Waals surface area contributed by atoms with Gasteiger partial charge in [-0.05, 0) is 60.0 Å². The first kappa shape index (κ1) is 25.7. The maximum atomic E-state index is 13.9. The van der Waals surface area contributed by atoms with E-state index in [0.29, 0.717) is 29.0 Å². The number of benzene rings is 3. The smallest absolute Gasteiger partial charge is 0.335 e. The molecule has 0 unspecified atom stereocenters. The summed E-state index contributed by atoms with van der Waals surface area (Å²) in [4.78, 5) is 23.6. The molecule has 3 aromatic rings. The van der Waals surface area contributed by atoms with Crippen molar-refractivity contribution in [3.63, 3.8) is 0 Å². The highest BCUT2D eigenvalue weighted by Crippen LogP contribution is 2.35. The lowest BCUT2D eigenvalue weighted by Gasteiger charge is -2.16. The summed E-state index contributed by atoms with van der Waals surface area (Å²) in [5.74, 6) is -1.56. The quantitative estimate of drug-likeness (QED) is 0.226. The van der Waals surface area contributed by atoms with Crippen molar-refractivity contribution in [2.24, 2.45) is 0 Å². The van der Waals surface area contributed by atoms with Crippen molar-refractivity contribution in [2.75, 3.05) is 12.4 Å². The average Bonchev–Trinajstić information content (AvgIpc) is 2.88. The van der Waals surface area contributed by atoms with Crippen LogP contribution in [0.15, 0.2) is 78.9 Å². The summed E-state index contributed by atoms with van der Waals surface area (Å²) >= 11 is 0. The molecule has 0 fully saturated rings. The number of carboxylic acids is 1. The molecule has 0 heterocycles. The Balaban J connectivity index is 1.88. The summed E-state index contributed by atoms with van der Waals surface area (Å²) in [6, 6.07) is 17.2. The van der Waals surface area contributed by atoms with E-state index >= 15 is 0 Å². The number of nitrogens with one attached hydrogen (secondary N) is 1. The Labute approximate surface area is 207 Å². The number of nitrogens with zero attached hydrogens (tertiary/aromatic N) is 1. The van der Waals surface area contributed by atoms with Crippen molar-refractivity contribution < 1.29 is 28.6 Å². The Kier molecular flexibility index (Phi) is 8.57. The van der Waals surface area contributed by atoms with E-state index in [4.69, 9.17) is 14.6 Å².